The number of nitrogens with one attached hydrogen (secondary N) is 1. The molecule has 3 aromatic carbocycles. The minimum atomic E-state index is -0.842. The first-order valence-electron chi connectivity index (χ1n) is 11.7. The van der Waals surface area contributed by atoms with Crippen molar-refractivity contribution in [3.8, 4) is 11.5 Å². The van der Waals surface area contributed by atoms with E-state index in [1.54, 1.807) is 55.6 Å². The van der Waals surface area contributed by atoms with Gasteiger partial charge in [-0.2, -0.15) is 0 Å². The molecule has 0 spiro atoms. The molecule has 1 unspecified atom stereocenters. The number of aliphatic hydroxyl groups is 1. The number of fused-ring (bicyclic) bond motifs is 1. The van der Waals surface area contributed by atoms with Crippen LogP contribution < -0.4 is 14.4 Å². The molecule has 1 aliphatic heterocycles. The van der Waals surface area contributed by atoms with Crippen molar-refractivity contribution in [3.05, 3.63) is 95.2 Å². The second-order valence-electron chi connectivity index (χ2n) is 8.54. The molecular weight excluding hydrogens is 456 g/mol. The fourth-order valence-electron chi connectivity index (χ4n) is 4.82. The van der Waals surface area contributed by atoms with Crippen LogP contribution in [-0.4, -0.2) is 35.5 Å². The number of benzene rings is 3. The zero-order chi connectivity index (χ0) is 25.4. The number of aromatic amines is 1. The van der Waals surface area contributed by atoms with Crippen molar-refractivity contribution < 1.29 is 24.2 Å². The van der Waals surface area contributed by atoms with Crippen molar-refractivity contribution in [2.24, 2.45) is 0 Å². The van der Waals surface area contributed by atoms with E-state index in [1.807, 2.05) is 38.1 Å². The summed E-state index contributed by atoms with van der Waals surface area (Å²) < 4.78 is 10.8. The lowest BCUT2D eigenvalue weighted by Crippen LogP contribution is -2.29. The maximum Gasteiger partial charge on any atom is 0.300 e. The molecule has 1 aromatic heterocycles. The average molecular weight is 483 g/mol. The Balaban J connectivity index is 1.77. The second-order valence-corrected chi connectivity index (χ2v) is 8.54. The lowest BCUT2D eigenvalue weighted by atomic mass is 9.93. The van der Waals surface area contributed by atoms with Gasteiger partial charge >= 0.3 is 0 Å². The van der Waals surface area contributed by atoms with Crippen LogP contribution in [-0.2, 0) is 9.59 Å². The molecule has 0 saturated carbocycles. The first kappa shape index (κ1) is 23.2. The number of rotatable bonds is 6. The van der Waals surface area contributed by atoms with Crippen LogP contribution in [0.15, 0.2) is 78.4 Å². The summed E-state index contributed by atoms with van der Waals surface area (Å²) in [5.41, 5.74) is 3.38. The van der Waals surface area contributed by atoms with Crippen molar-refractivity contribution in [1.29, 1.82) is 0 Å². The molecule has 2 N–H and O–H groups in total. The molecule has 1 aliphatic rings. The van der Waals surface area contributed by atoms with Crippen LogP contribution in [0.4, 0.5) is 5.69 Å². The Kier molecular flexibility index (Phi) is 5.98. The molecule has 7 nitrogen and oxygen atoms in total. The van der Waals surface area contributed by atoms with Crippen LogP contribution >= 0.6 is 0 Å². The van der Waals surface area contributed by atoms with Crippen molar-refractivity contribution in [3.63, 3.8) is 0 Å². The van der Waals surface area contributed by atoms with E-state index in [4.69, 9.17) is 9.47 Å². The molecule has 182 valence electrons. The molecule has 7 heteroatoms. The predicted molar refractivity (Wildman–Crippen MR) is 138 cm³/mol. The Bertz CT molecular complexity index is 1500. The number of amides is 1. The van der Waals surface area contributed by atoms with Gasteiger partial charge in [-0.05, 0) is 56.3 Å². The van der Waals surface area contributed by atoms with E-state index < -0.39 is 17.7 Å². The second kappa shape index (κ2) is 9.26. The van der Waals surface area contributed by atoms with E-state index in [0.29, 0.717) is 29.4 Å². The molecular formula is C29H26N2O5. The number of aliphatic hydroxyl groups excluding tert-OH is 1. The molecule has 1 amide bonds. The number of nitrogens with zero attached hydrogens (tertiary/aromatic N) is 1. The van der Waals surface area contributed by atoms with Crippen LogP contribution in [0.2, 0.25) is 0 Å². The molecule has 0 bridgehead atoms. The van der Waals surface area contributed by atoms with Gasteiger partial charge in [0.25, 0.3) is 11.7 Å². The van der Waals surface area contributed by atoms with Gasteiger partial charge in [0.15, 0.2) is 0 Å². The van der Waals surface area contributed by atoms with E-state index in [0.717, 1.165) is 22.2 Å². The van der Waals surface area contributed by atoms with Gasteiger partial charge in [-0.15, -0.1) is 0 Å². The topological polar surface area (TPSA) is 91.9 Å². The smallest absolute Gasteiger partial charge is 0.300 e. The molecule has 36 heavy (non-hydrogen) atoms. The zero-order valence-electron chi connectivity index (χ0n) is 20.2. The summed E-state index contributed by atoms with van der Waals surface area (Å²) in [5.74, 6) is -0.522. The third-order valence-corrected chi connectivity index (χ3v) is 6.43. The van der Waals surface area contributed by atoms with E-state index in [2.05, 4.69) is 4.98 Å². The van der Waals surface area contributed by atoms with E-state index in [-0.39, 0.29) is 11.3 Å². The lowest BCUT2D eigenvalue weighted by Gasteiger charge is -2.26. The van der Waals surface area contributed by atoms with Gasteiger partial charge in [-0.3, -0.25) is 14.5 Å². The van der Waals surface area contributed by atoms with Gasteiger partial charge in [-0.25, -0.2) is 0 Å². The van der Waals surface area contributed by atoms with Gasteiger partial charge in [0.2, 0.25) is 0 Å². The Morgan fingerprint density at radius 1 is 1.00 bits per heavy atom. The van der Waals surface area contributed by atoms with Crippen LogP contribution in [0.3, 0.4) is 0 Å². The maximum absolute atomic E-state index is 13.5. The number of hydrogen-bond donors (Lipinski definition) is 2. The maximum atomic E-state index is 13.5. The third kappa shape index (κ3) is 3.79. The number of methoxy groups -OCH3 is 1. The molecule has 1 saturated heterocycles. The van der Waals surface area contributed by atoms with Crippen LogP contribution in [0.1, 0.15) is 29.8 Å². The predicted octanol–water partition coefficient (Wildman–Crippen LogP) is 5.51. The SMILES string of the molecule is CCOc1cccc(/C(O)=C2\C(=O)C(=O)N(c3ccc(OC)cc3)C2c2c(C)[nH]c3ccccc23)c1. The van der Waals surface area contributed by atoms with Crippen LogP contribution in [0, 0.1) is 6.92 Å². The number of para-hydroxylation sites is 1. The van der Waals surface area contributed by atoms with Gasteiger partial charge in [-0.1, -0.05) is 30.3 Å². The number of anilines is 1. The summed E-state index contributed by atoms with van der Waals surface area (Å²) in [5, 5.41) is 12.3. The van der Waals surface area contributed by atoms with Gasteiger partial charge in [0, 0.05) is 33.4 Å². The molecule has 4 aromatic rings. The summed E-state index contributed by atoms with van der Waals surface area (Å²) in [7, 11) is 1.56. The zero-order valence-corrected chi connectivity index (χ0v) is 20.2. The molecule has 2 heterocycles. The molecule has 0 aliphatic carbocycles. The number of carbonyl (C=O) groups excluding carboxylic acids is 2. The fourth-order valence-corrected chi connectivity index (χ4v) is 4.82. The molecule has 0 radical (unpaired) electrons. The monoisotopic (exact) mass is 482 g/mol. The normalized spacial score (nSPS) is 17.1. The number of hydrogen-bond acceptors (Lipinski definition) is 5. The lowest BCUT2D eigenvalue weighted by molar-refractivity contribution is -0.132. The number of ketones is 1. The minimum absolute atomic E-state index is 0.0253. The minimum Gasteiger partial charge on any atom is -0.507 e. The standard InChI is InChI=1S/C29H26N2O5/c1-4-36-21-9-7-8-18(16-21)27(32)25-26(24-17(2)30-23-11-6-5-10-22(23)24)31(29(34)28(25)33)19-12-14-20(35-3)15-13-19/h5-16,26,30,32H,4H2,1-3H3/b27-25+. The summed E-state index contributed by atoms with van der Waals surface area (Å²) in [6, 6.07) is 20.7. The Hall–Kier alpha value is -4.52. The highest BCUT2D eigenvalue weighted by Crippen LogP contribution is 2.45. The highest BCUT2D eigenvalue weighted by Gasteiger charge is 2.48. The molecule has 5 rings (SSSR count). The first-order valence-corrected chi connectivity index (χ1v) is 11.7. The molecule has 1 fully saturated rings. The van der Waals surface area contributed by atoms with Crippen LogP contribution in [0.5, 0.6) is 11.5 Å². The highest BCUT2D eigenvalue weighted by molar-refractivity contribution is 6.52. The number of aryl methyl sites for hydroxylation is 1. The fraction of sp³-hybridized carbons (Fsp3) is 0.172. The number of aromatic nitrogens is 1. The summed E-state index contributed by atoms with van der Waals surface area (Å²) >= 11 is 0. The Morgan fingerprint density at radius 2 is 1.75 bits per heavy atom. The van der Waals surface area contributed by atoms with Gasteiger partial charge in [0.1, 0.15) is 17.3 Å². The van der Waals surface area contributed by atoms with Crippen molar-refractivity contribution in [1.82, 2.24) is 4.98 Å². The first-order chi connectivity index (χ1) is 17.4. The quantitative estimate of drug-likeness (QED) is 0.215. The van der Waals surface area contributed by atoms with E-state index in [9.17, 15) is 14.7 Å². The van der Waals surface area contributed by atoms with Crippen molar-refractivity contribution >= 4 is 34.0 Å². The van der Waals surface area contributed by atoms with E-state index in [1.165, 1.54) is 4.90 Å². The largest absolute Gasteiger partial charge is 0.507 e. The number of H-pyrrole nitrogens is 1. The van der Waals surface area contributed by atoms with Crippen LogP contribution in [0.25, 0.3) is 16.7 Å². The number of ether oxygens (including phenoxy) is 2. The van der Waals surface area contributed by atoms with Crippen molar-refractivity contribution in [2.75, 3.05) is 18.6 Å². The van der Waals surface area contributed by atoms with E-state index >= 15 is 0 Å². The number of carbonyl (C=O) groups is 2. The Morgan fingerprint density at radius 3 is 2.47 bits per heavy atom. The average Bonchev–Trinajstić information content (AvgIpc) is 3.36. The Labute approximate surface area is 208 Å². The molecule has 1 atom stereocenters. The summed E-state index contributed by atoms with van der Waals surface area (Å²) in [6.45, 7) is 4.23. The van der Waals surface area contributed by atoms with Gasteiger partial charge in [0.05, 0.1) is 25.3 Å². The summed E-state index contributed by atoms with van der Waals surface area (Å²) in [6.07, 6.45) is 0. The number of Topliss-reactive ketones (excluding diaryl/α,β-unsaturated/α-hetero) is 1. The van der Waals surface area contributed by atoms with Crippen molar-refractivity contribution in [2.45, 2.75) is 19.9 Å². The highest BCUT2D eigenvalue weighted by atomic mass is 16.5. The summed E-state index contributed by atoms with van der Waals surface area (Å²) in [4.78, 5) is 31.8. The van der Waals surface area contributed by atoms with Gasteiger partial charge < -0.3 is 19.6 Å². The third-order valence-electron chi connectivity index (χ3n) is 6.43.